The third kappa shape index (κ3) is 6.51. The fourth-order valence-electron chi connectivity index (χ4n) is 1.24. The number of benzene rings is 1. The number of alkyl halides is 3. The van der Waals surface area contributed by atoms with Crippen LogP contribution in [0.4, 0.5) is 18.0 Å². The molecule has 0 unspecified atom stereocenters. The molecule has 8 heteroatoms. The smallest absolute Gasteiger partial charge is 0.405 e. The van der Waals surface area contributed by atoms with Gasteiger partial charge in [-0.3, -0.25) is 0 Å². The van der Waals surface area contributed by atoms with Gasteiger partial charge < -0.3 is 15.0 Å². The summed E-state index contributed by atoms with van der Waals surface area (Å²) in [5, 5.41) is 2.34. The standard InChI is InChI=1S/C12H14ClF3N2O2/c1-18(11(19)17-8-12(14,15)16)6-7-20-10-4-2-9(13)3-5-10/h2-5H,6-8H2,1H3,(H,17,19). The highest BCUT2D eigenvalue weighted by Crippen LogP contribution is 2.15. The molecule has 1 N–H and O–H groups in total. The Kier molecular flexibility index (Phi) is 5.94. The minimum Gasteiger partial charge on any atom is -0.492 e. The molecule has 1 aromatic carbocycles. The molecule has 2 amide bonds. The van der Waals surface area contributed by atoms with Gasteiger partial charge in [-0.15, -0.1) is 0 Å². The first-order valence-corrected chi connectivity index (χ1v) is 6.10. The van der Waals surface area contributed by atoms with Crippen molar-refractivity contribution in [1.82, 2.24) is 10.2 Å². The summed E-state index contributed by atoms with van der Waals surface area (Å²) in [7, 11) is 1.39. The van der Waals surface area contributed by atoms with E-state index < -0.39 is 18.8 Å². The van der Waals surface area contributed by atoms with Crippen LogP contribution in [0.3, 0.4) is 0 Å². The third-order valence-corrected chi connectivity index (χ3v) is 2.55. The number of nitrogens with zero attached hydrogens (tertiary/aromatic N) is 1. The fourth-order valence-corrected chi connectivity index (χ4v) is 1.37. The van der Waals surface area contributed by atoms with Crippen LogP contribution in [0.1, 0.15) is 0 Å². The second-order valence-electron chi connectivity index (χ2n) is 4.00. The summed E-state index contributed by atoms with van der Waals surface area (Å²) in [6.45, 7) is -1.03. The highest BCUT2D eigenvalue weighted by Gasteiger charge is 2.28. The number of likely N-dealkylation sites (N-methyl/N-ethyl adjacent to an activating group) is 1. The third-order valence-electron chi connectivity index (χ3n) is 2.30. The van der Waals surface area contributed by atoms with Crippen molar-refractivity contribution in [1.29, 1.82) is 0 Å². The molecule has 0 spiro atoms. The molecule has 0 radical (unpaired) electrons. The van der Waals surface area contributed by atoms with Gasteiger partial charge in [-0.1, -0.05) is 11.6 Å². The average Bonchev–Trinajstić information content (AvgIpc) is 2.37. The molecule has 0 atom stereocenters. The lowest BCUT2D eigenvalue weighted by Gasteiger charge is -2.18. The summed E-state index contributed by atoms with van der Waals surface area (Å²) in [4.78, 5) is 12.4. The Morgan fingerprint density at radius 1 is 1.35 bits per heavy atom. The van der Waals surface area contributed by atoms with E-state index in [1.807, 2.05) is 0 Å². The van der Waals surface area contributed by atoms with Crippen molar-refractivity contribution in [3.63, 3.8) is 0 Å². The van der Waals surface area contributed by atoms with Gasteiger partial charge in [0, 0.05) is 12.1 Å². The first-order chi connectivity index (χ1) is 9.28. The van der Waals surface area contributed by atoms with Crippen molar-refractivity contribution in [2.75, 3.05) is 26.7 Å². The van der Waals surface area contributed by atoms with Crippen LogP contribution in [0.2, 0.25) is 5.02 Å². The predicted molar refractivity (Wildman–Crippen MR) is 69.0 cm³/mol. The number of hydrogen-bond acceptors (Lipinski definition) is 2. The predicted octanol–water partition coefficient (Wildman–Crippen LogP) is 2.92. The van der Waals surface area contributed by atoms with Gasteiger partial charge in [0.2, 0.25) is 0 Å². The number of carbonyl (C=O) groups excluding carboxylic acids is 1. The molecule has 4 nitrogen and oxygen atoms in total. The molecule has 0 saturated heterocycles. The first kappa shape index (κ1) is 16.4. The van der Waals surface area contributed by atoms with Crippen molar-refractivity contribution >= 4 is 17.6 Å². The van der Waals surface area contributed by atoms with Crippen LogP contribution >= 0.6 is 11.6 Å². The molecule has 0 fully saturated rings. The number of carbonyl (C=O) groups is 1. The number of hydrogen-bond donors (Lipinski definition) is 1. The van der Waals surface area contributed by atoms with Crippen molar-refractivity contribution in [2.24, 2.45) is 0 Å². The van der Waals surface area contributed by atoms with Gasteiger partial charge in [-0.2, -0.15) is 13.2 Å². The number of halogens is 4. The summed E-state index contributed by atoms with van der Waals surface area (Å²) in [5.74, 6) is 0.568. The number of rotatable bonds is 5. The zero-order chi connectivity index (χ0) is 15.2. The van der Waals surface area contributed by atoms with Crippen molar-refractivity contribution in [3.8, 4) is 5.75 Å². The Bertz CT molecular complexity index is 437. The quantitative estimate of drug-likeness (QED) is 0.908. The number of amides is 2. The van der Waals surface area contributed by atoms with Crippen LogP contribution in [0, 0.1) is 0 Å². The van der Waals surface area contributed by atoms with Gasteiger partial charge in [-0.05, 0) is 24.3 Å². The zero-order valence-corrected chi connectivity index (χ0v) is 11.5. The fraction of sp³-hybridized carbons (Fsp3) is 0.417. The van der Waals surface area contributed by atoms with E-state index in [-0.39, 0.29) is 13.2 Å². The van der Waals surface area contributed by atoms with Gasteiger partial charge in [0.25, 0.3) is 0 Å². The van der Waals surface area contributed by atoms with Crippen molar-refractivity contribution in [2.45, 2.75) is 6.18 Å². The van der Waals surface area contributed by atoms with Crippen LogP contribution in [-0.4, -0.2) is 43.9 Å². The average molecular weight is 311 g/mol. The first-order valence-electron chi connectivity index (χ1n) is 5.72. The minimum absolute atomic E-state index is 0.159. The second-order valence-corrected chi connectivity index (χ2v) is 4.43. The lowest BCUT2D eigenvalue weighted by atomic mass is 10.3. The molecule has 0 bridgehead atoms. The molecule has 0 aliphatic carbocycles. The van der Waals surface area contributed by atoms with Gasteiger partial charge in [0.1, 0.15) is 18.9 Å². The molecule has 112 valence electrons. The van der Waals surface area contributed by atoms with E-state index in [1.54, 1.807) is 29.6 Å². The molecule has 0 aromatic heterocycles. The van der Waals surface area contributed by atoms with Gasteiger partial charge >= 0.3 is 12.2 Å². The molecule has 1 rings (SSSR count). The molecule has 20 heavy (non-hydrogen) atoms. The van der Waals surface area contributed by atoms with E-state index >= 15 is 0 Å². The molecule has 1 aromatic rings. The topological polar surface area (TPSA) is 41.6 Å². The SMILES string of the molecule is CN(CCOc1ccc(Cl)cc1)C(=O)NCC(F)(F)F. The maximum Gasteiger partial charge on any atom is 0.405 e. The van der Waals surface area contributed by atoms with Crippen LogP contribution in [0.15, 0.2) is 24.3 Å². The minimum atomic E-state index is -4.42. The van der Waals surface area contributed by atoms with Gasteiger partial charge in [0.05, 0.1) is 6.54 Å². The normalized spacial score (nSPS) is 11.1. The number of urea groups is 1. The summed E-state index contributed by atoms with van der Waals surface area (Å²) in [6, 6.07) is 5.81. The Balaban J connectivity index is 2.27. The second kappa shape index (κ2) is 7.23. The highest BCUT2D eigenvalue weighted by atomic mass is 35.5. The van der Waals surface area contributed by atoms with E-state index in [9.17, 15) is 18.0 Å². The van der Waals surface area contributed by atoms with Gasteiger partial charge in [0.15, 0.2) is 0 Å². The van der Waals surface area contributed by atoms with Crippen LogP contribution in [0.25, 0.3) is 0 Å². The zero-order valence-electron chi connectivity index (χ0n) is 10.7. The molecule has 0 aliphatic heterocycles. The Morgan fingerprint density at radius 2 is 1.95 bits per heavy atom. The van der Waals surface area contributed by atoms with E-state index in [1.165, 1.54) is 7.05 Å². The van der Waals surface area contributed by atoms with Crippen molar-refractivity contribution in [3.05, 3.63) is 29.3 Å². The highest BCUT2D eigenvalue weighted by molar-refractivity contribution is 6.30. The van der Waals surface area contributed by atoms with E-state index in [0.717, 1.165) is 4.90 Å². The van der Waals surface area contributed by atoms with Crippen LogP contribution in [-0.2, 0) is 0 Å². The molecular weight excluding hydrogens is 297 g/mol. The van der Waals surface area contributed by atoms with Crippen molar-refractivity contribution < 1.29 is 22.7 Å². The monoisotopic (exact) mass is 310 g/mol. The van der Waals surface area contributed by atoms with Crippen LogP contribution in [0.5, 0.6) is 5.75 Å². The van der Waals surface area contributed by atoms with Crippen LogP contribution < -0.4 is 10.1 Å². The summed E-state index contributed by atoms with van der Waals surface area (Å²) in [6.07, 6.45) is -4.42. The summed E-state index contributed by atoms with van der Waals surface area (Å²) < 4.78 is 41.1. The maximum atomic E-state index is 11.9. The summed E-state index contributed by atoms with van der Waals surface area (Å²) >= 11 is 5.70. The van der Waals surface area contributed by atoms with E-state index in [0.29, 0.717) is 10.8 Å². The largest absolute Gasteiger partial charge is 0.492 e. The van der Waals surface area contributed by atoms with E-state index in [2.05, 4.69) is 0 Å². The molecule has 0 aliphatic rings. The van der Waals surface area contributed by atoms with E-state index in [4.69, 9.17) is 16.3 Å². The Morgan fingerprint density at radius 3 is 2.50 bits per heavy atom. The van der Waals surface area contributed by atoms with Gasteiger partial charge in [-0.25, -0.2) is 4.79 Å². The lowest BCUT2D eigenvalue weighted by molar-refractivity contribution is -0.123. The maximum absolute atomic E-state index is 11.9. The summed E-state index contributed by atoms with van der Waals surface area (Å²) in [5.41, 5.74) is 0. The molecule has 0 heterocycles. The molecule has 0 saturated carbocycles. The Labute approximate surface area is 119 Å². The molecular formula is C12H14ClF3N2O2. The lowest BCUT2D eigenvalue weighted by Crippen LogP contribution is -2.43. The number of ether oxygens (including phenoxy) is 1. The number of nitrogens with one attached hydrogen (secondary N) is 1. The Hall–Kier alpha value is -1.63.